The number of rotatable bonds is 5. The van der Waals surface area contributed by atoms with Crippen molar-refractivity contribution in [3.63, 3.8) is 0 Å². The van der Waals surface area contributed by atoms with E-state index in [9.17, 15) is 10.1 Å². The molecule has 1 aromatic carbocycles. The Bertz CT molecular complexity index is 729. The molecule has 0 bridgehead atoms. The van der Waals surface area contributed by atoms with Crippen molar-refractivity contribution in [3.8, 4) is 11.8 Å². The van der Waals surface area contributed by atoms with Crippen molar-refractivity contribution < 1.29 is 4.92 Å². The number of hydrogen-bond donors (Lipinski definition) is 1. The molecular weight excluding hydrogens is 272 g/mol. The van der Waals surface area contributed by atoms with E-state index in [4.69, 9.17) is 5.26 Å². The van der Waals surface area contributed by atoms with Gasteiger partial charge in [-0.05, 0) is 25.0 Å². The summed E-state index contributed by atoms with van der Waals surface area (Å²) in [6.45, 7) is 0.592. The summed E-state index contributed by atoms with van der Waals surface area (Å²) in [7, 11) is 0. The molecule has 1 aliphatic carbocycles. The Balaban J connectivity index is 1.88. The Morgan fingerprint density at radius 2 is 2.33 bits per heavy atom. The summed E-state index contributed by atoms with van der Waals surface area (Å²) < 4.78 is 1.36. The molecule has 0 aliphatic heterocycles. The standard InChI is InChI=1S/C13H12N6O2/c14-6-9-1-4-12(13(5-9)19(20)21)18-8-11(16-17-18)7-15-10-2-3-10/h1,4-5,8,10,15H,2-3,7H2. The molecule has 1 saturated carbocycles. The summed E-state index contributed by atoms with van der Waals surface area (Å²) in [5, 5.41) is 31.2. The lowest BCUT2D eigenvalue weighted by Gasteiger charge is -2.02. The van der Waals surface area contributed by atoms with Gasteiger partial charge in [0.25, 0.3) is 5.69 Å². The molecule has 1 heterocycles. The van der Waals surface area contributed by atoms with Crippen LogP contribution in [0, 0.1) is 21.4 Å². The third kappa shape index (κ3) is 2.88. The smallest absolute Gasteiger partial charge is 0.296 e. The third-order valence-corrected chi connectivity index (χ3v) is 3.24. The fraction of sp³-hybridized carbons (Fsp3) is 0.308. The maximum Gasteiger partial charge on any atom is 0.296 e. The first-order valence-electron chi connectivity index (χ1n) is 6.51. The van der Waals surface area contributed by atoms with Gasteiger partial charge in [-0.15, -0.1) is 5.10 Å². The minimum absolute atomic E-state index is 0.166. The van der Waals surface area contributed by atoms with Gasteiger partial charge >= 0.3 is 0 Å². The van der Waals surface area contributed by atoms with E-state index in [0.29, 0.717) is 18.3 Å². The minimum atomic E-state index is -0.528. The Morgan fingerprint density at radius 1 is 1.52 bits per heavy atom. The molecule has 1 fully saturated rings. The lowest BCUT2D eigenvalue weighted by atomic mass is 10.2. The lowest BCUT2D eigenvalue weighted by molar-refractivity contribution is -0.384. The molecule has 1 aliphatic rings. The first-order valence-corrected chi connectivity index (χ1v) is 6.51. The van der Waals surface area contributed by atoms with Crippen molar-refractivity contribution in [3.05, 3.63) is 45.8 Å². The second-order valence-corrected chi connectivity index (χ2v) is 4.88. The van der Waals surface area contributed by atoms with Crippen LogP contribution < -0.4 is 5.32 Å². The van der Waals surface area contributed by atoms with Gasteiger partial charge in [0.05, 0.1) is 28.4 Å². The van der Waals surface area contributed by atoms with Crippen LogP contribution in [0.25, 0.3) is 5.69 Å². The molecule has 8 heteroatoms. The molecule has 0 spiro atoms. The zero-order valence-electron chi connectivity index (χ0n) is 11.1. The van der Waals surface area contributed by atoms with Crippen LogP contribution in [-0.4, -0.2) is 26.0 Å². The van der Waals surface area contributed by atoms with Crippen molar-refractivity contribution in [1.29, 1.82) is 5.26 Å². The normalized spacial score (nSPS) is 13.9. The topological polar surface area (TPSA) is 110 Å². The summed E-state index contributed by atoms with van der Waals surface area (Å²) >= 11 is 0. The van der Waals surface area contributed by atoms with Crippen molar-refractivity contribution in [2.75, 3.05) is 0 Å². The zero-order chi connectivity index (χ0) is 14.8. The average molecular weight is 284 g/mol. The van der Waals surface area contributed by atoms with Crippen LogP contribution in [0.15, 0.2) is 24.4 Å². The van der Waals surface area contributed by atoms with Gasteiger partial charge in [0.15, 0.2) is 0 Å². The number of nitro groups is 1. The van der Waals surface area contributed by atoms with Crippen LogP contribution in [0.3, 0.4) is 0 Å². The molecule has 0 saturated heterocycles. The maximum absolute atomic E-state index is 11.1. The lowest BCUT2D eigenvalue weighted by Crippen LogP contribution is -2.15. The molecule has 21 heavy (non-hydrogen) atoms. The van der Waals surface area contributed by atoms with Crippen LogP contribution >= 0.6 is 0 Å². The van der Waals surface area contributed by atoms with Gasteiger partial charge in [0.2, 0.25) is 0 Å². The van der Waals surface area contributed by atoms with E-state index in [1.165, 1.54) is 35.7 Å². The molecule has 0 unspecified atom stereocenters. The van der Waals surface area contributed by atoms with E-state index in [2.05, 4.69) is 15.6 Å². The number of nitro benzene ring substituents is 1. The summed E-state index contributed by atoms with van der Waals surface area (Å²) in [6, 6.07) is 6.70. The number of nitrogens with zero attached hydrogens (tertiary/aromatic N) is 5. The summed E-state index contributed by atoms with van der Waals surface area (Å²) in [4.78, 5) is 10.6. The third-order valence-electron chi connectivity index (χ3n) is 3.24. The van der Waals surface area contributed by atoms with E-state index in [1.807, 2.05) is 6.07 Å². The van der Waals surface area contributed by atoms with Crippen LogP contribution in [0.1, 0.15) is 24.1 Å². The van der Waals surface area contributed by atoms with E-state index in [-0.39, 0.29) is 11.3 Å². The van der Waals surface area contributed by atoms with E-state index >= 15 is 0 Å². The van der Waals surface area contributed by atoms with E-state index < -0.39 is 4.92 Å². The first kappa shape index (κ1) is 13.2. The predicted octanol–water partition coefficient (Wildman–Crippen LogP) is 1.30. The predicted molar refractivity (Wildman–Crippen MR) is 72.6 cm³/mol. The molecule has 0 atom stereocenters. The second kappa shape index (κ2) is 5.30. The molecule has 106 valence electrons. The van der Waals surface area contributed by atoms with Crippen molar-refractivity contribution in [2.45, 2.75) is 25.4 Å². The Labute approximate surface area is 120 Å². The van der Waals surface area contributed by atoms with Crippen molar-refractivity contribution >= 4 is 5.69 Å². The van der Waals surface area contributed by atoms with Crippen molar-refractivity contribution in [2.24, 2.45) is 0 Å². The summed E-state index contributed by atoms with van der Waals surface area (Å²) in [6.07, 6.45) is 4.01. The highest BCUT2D eigenvalue weighted by Crippen LogP contribution is 2.24. The van der Waals surface area contributed by atoms with Gasteiger partial charge in [-0.2, -0.15) is 5.26 Å². The van der Waals surface area contributed by atoms with Crippen LogP contribution in [0.4, 0.5) is 5.69 Å². The summed E-state index contributed by atoms with van der Waals surface area (Å²) in [5.74, 6) is 0. The fourth-order valence-corrected chi connectivity index (χ4v) is 1.97. The SMILES string of the molecule is N#Cc1ccc(-n2cc(CNC3CC3)nn2)c([N+](=O)[O-])c1. The largest absolute Gasteiger partial charge is 0.308 e. The quantitative estimate of drug-likeness (QED) is 0.654. The molecule has 1 N–H and O–H groups in total. The average Bonchev–Trinajstić information content (AvgIpc) is 3.21. The Hall–Kier alpha value is -2.79. The minimum Gasteiger partial charge on any atom is -0.308 e. The fourth-order valence-electron chi connectivity index (χ4n) is 1.97. The highest BCUT2D eigenvalue weighted by atomic mass is 16.6. The Morgan fingerprint density at radius 3 is 3.00 bits per heavy atom. The molecule has 0 amide bonds. The molecule has 3 rings (SSSR count). The van der Waals surface area contributed by atoms with Crippen LogP contribution in [0.5, 0.6) is 0 Å². The number of aromatic nitrogens is 3. The number of nitrogens with one attached hydrogen (secondary N) is 1. The molecule has 1 aromatic heterocycles. The van der Waals surface area contributed by atoms with Crippen molar-refractivity contribution in [1.82, 2.24) is 20.3 Å². The van der Waals surface area contributed by atoms with Gasteiger partial charge in [0, 0.05) is 18.7 Å². The number of hydrogen-bond acceptors (Lipinski definition) is 6. The first-order chi connectivity index (χ1) is 10.2. The monoisotopic (exact) mass is 284 g/mol. The molecule has 8 nitrogen and oxygen atoms in total. The maximum atomic E-state index is 11.1. The molecule has 0 radical (unpaired) electrons. The summed E-state index contributed by atoms with van der Waals surface area (Å²) in [5.41, 5.74) is 1.09. The van der Waals surface area contributed by atoms with Gasteiger partial charge in [-0.1, -0.05) is 5.21 Å². The van der Waals surface area contributed by atoms with Gasteiger partial charge in [-0.3, -0.25) is 10.1 Å². The van der Waals surface area contributed by atoms with E-state index in [0.717, 1.165) is 5.69 Å². The van der Waals surface area contributed by atoms with E-state index in [1.54, 1.807) is 6.20 Å². The van der Waals surface area contributed by atoms with Gasteiger partial charge in [-0.25, -0.2) is 4.68 Å². The highest BCUT2D eigenvalue weighted by molar-refractivity contribution is 5.55. The zero-order valence-corrected chi connectivity index (χ0v) is 11.1. The second-order valence-electron chi connectivity index (χ2n) is 4.88. The number of benzene rings is 1. The molecular formula is C13H12N6O2. The van der Waals surface area contributed by atoms with Gasteiger partial charge in [0.1, 0.15) is 5.69 Å². The van der Waals surface area contributed by atoms with Crippen LogP contribution in [-0.2, 0) is 6.54 Å². The highest BCUT2D eigenvalue weighted by Gasteiger charge is 2.21. The molecule has 2 aromatic rings. The van der Waals surface area contributed by atoms with Crippen LogP contribution in [0.2, 0.25) is 0 Å². The van der Waals surface area contributed by atoms with Gasteiger partial charge < -0.3 is 5.32 Å². The number of nitriles is 1. The Kier molecular flexibility index (Phi) is 3.33.